The average Bonchev–Trinajstić information content (AvgIpc) is 2.59. The molecule has 86 valence electrons. The van der Waals surface area contributed by atoms with Gasteiger partial charge in [-0.1, -0.05) is 44.2 Å². The van der Waals surface area contributed by atoms with Crippen molar-refractivity contribution in [2.24, 2.45) is 5.73 Å². The van der Waals surface area contributed by atoms with Crippen molar-refractivity contribution < 1.29 is 0 Å². The van der Waals surface area contributed by atoms with Crippen molar-refractivity contribution in [3.63, 3.8) is 0 Å². The summed E-state index contributed by atoms with van der Waals surface area (Å²) in [6.45, 7) is 2.23. The topological polar surface area (TPSA) is 26.0 Å². The molecule has 0 amide bonds. The van der Waals surface area contributed by atoms with Gasteiger partial charge in [0.05, 0.1) is 4.34 Å². The second kappa shape index (κ2) is 7.26. The van der Waals surface area contributed by atoms with Gasteiger partial charge in [0.2, 0.25) is 0 Å². The Morgan fingerprint density at radius 1 is 1.33 bits per heavy atom. The zero-order valence-electron chi connectivity index (χ0n) is 9.34. The fraction of sp³-hybridized carbons (Fsp3) is 0.667. The standard InChI is InChI=1S/C12H20ClNS/c1-2-3-4-5-6-10(14)9-11-7-8-12(13)15-11/h7-8,10H,2-6,9,14H2,1H3. The third kappa shape index (κ3) is 5.55. The van der Waals surface area contributed by atoms with E-state index in [1.807, 2.05) is 6.07 Å². The second-order valence-corrected chi connectivity index (χ2v) is 5.82. The zero-order valence-corrected chi connectivity index (χ0v) is 10.9. The van der Waals surface area contributed by atoms with Crippen molar-refractivity contribution >= 4 is 22.9 Å². The number of halogens is 1. The van der Waals surface area contributed by atoms with Crippen molar-refractivity contribution in [1.82, 2.24) is 0 Å². The van der Waals surface area contributed by atoms with Gasteiger partial charge in [0, 0.05) is 10.9 Å². The minimum atomic E-state index is 0.302. The average molecular weight is 246 g/mol. The van der Waals surface area contributed by atoms with Crippen molar-refractivity contribution in [3.05, 3.63) is 21.3 Å². The van der Waals surface area contributed by atoms with E-state index in [-0.39, 0.29) is 0 Å². The summed E-state index contributed by atoms with van der Waals surface area (Å²) >= 11 is 7.51. The van der Waals surface area contributed by atoms with E-state index in [2.05, 4.69) is 13.0 Å². The molecule has 2 N–H and O–H groups in total. The Morgan fingerprint density at radius 2 is 2.13 bits per heavy atom. The quantitative estimate of drug-likeness (QED) is 0.715. The molecule has 1 rings (SSSR count). The molecule has 0 aliphatic heterocycles. The zero-order chi connectivity index (χ0) is 11.1. The van der Waals surface area contributed by atoms with Gasteiger partial charge in [-0.25, -0.2) is 0 Å². The summed E-state index contributed by atoms with van der Waals surface area (Å²) in [6.07, 6.45) is 7.30. The van der Waals surface area contributed by atoms with Crippen LogP contribution in [0.2, 0.25) is 4.34 Å². The molecule has 1 heterocycles. The third-order valence-electron chi connectivity index (χ3n) is 2.52. The molecule has 0 fully saturated rings. The molecule has 3 heteroatoms. The lowest BCUT2D eigenvalue weighted by atomic mass is 10.0. The van der Waals surface area contributed by atoms with Crippen LogP contribution in [-0.4, -0.2) is 6.04 Å². The Morgan fingerprint density at radius 3 is 2.73 bits per heavy atom. The van der Waals surface area contributed by atoms with Gasteiger partial charge in [0.25, 0.3) is 0 Å². The highest BCUT2D eigenvalue weighted by atomic mass is 35.5. The molecule has 0 aromatic carbocycles. The van der Waals surface area contributed by atoms with Crippen molar-refractivity contribution in [2.75, 3.05) is 0 Å². The molecule has 0 saturated heterocycles. The third-order valence-corrected chi connectivity index (χ3v) is 3.77. The van der Waals surface area contributed by atoms with Gasteiger partial charge < -0.3 is 5.73 Å². The first-order valence-electron chi connectivity index (χ1n) is 5.72. The maximum absolute atomic E-state index is 6.06. The molecular formula is C12H20ClNS. The van der Waals surface area contributed by atoms with E-state index in [4.69, 9.17) is 17.3 Å². The minimum Gasteiger partial charge on any atom is -0.327 e. The number of hydrogen-bond acceptors (Lipinski definition) is 2. The van der Waals surface area contributed by atoms with Crippen LogP contribution < -0.4 is 5.73 Å². The van der Waals surface area contributed by atoms with Crippen LogP contribution in [0.15, 0.2) is 12.1 Å². The van der Waals surface area contributed by atoms with Gasteiger partial charge in [-0.2, -0.15) is 0 Å². The Balaban J connectivity index is 2.15. The van der Waals surface area contributed by atoms with E-state index < -0.39 is 0 Å². The molecular weight excluding hydrogens is 226 g/mol. The smallest absolute Gasteiger partial charge is 0.0931 e. The molecule has 1 aromatic rings. The molecule has 0 bridgehead atoms. The molecule has 0 radical (unpaired) electrons. The van der Waals surface area contributed by atoms with E-state index >= 15 is 0 Å². The van der Waals surface area contributed by atoms with Crippen LogP contribution >= 0.6 is 22.9 Å². The summed E-state index contributed by atoms with van der Waals surface area (Å²) in [5.41, 5.74) is 6.06. The van der Waals surface area contributed by atoms with E-state index in [1.165, 1.54) is 30.6 Å². The molecule has 1 atom stereocenters. The van der Waals surface area contributed by atoms with Crippen molar-refractivity contribution in [1.29, 1.82) is 0 Å². The van der Waals surface area contributed by atoms with Gasteiger partial charge in [-0.05, 0) is 25.0 Å². The highest BCUT2D eigenvalue weighted by Gasteiger charge is 2.05. The van der Waals surface area contributed by atoms with E-state index in [1.54, 1.807) is 11.3 Å². The van der Waals surface area contributed by atoms with Crippen LogP contribution in [0.3, 0.4) is 0 Å². The number of nitrogens with two attached hydrogens (primary N) is 1. The van der Waals surface area contributed by atoms with Crippen LogP contribution in [0, 0.1) is 0 Å². The minimum absolute atomic E-state index is 0.302. The van der Waals surface area contributed by atoms with E-state index in [0.717, 1.165) is 17.2 Å². The van der Waals surface area contributed by atoms with Crippen molar-refractivity contribution in [2.45, 2.75) is 51.5 Å². The highest BCUT2D eigenvalue weighted by molar-refractivity contribution is 7.16. The molecule has 0 spiro atoms. The van der Waals surface area contributed by atoms with Crippen LogP contribution in [-0.2, 0) is 6.42 Å². The Kier molecular flexibility index (Phi) is 6.30. The van der Waals surface area contributed by atoms with Crippen molar-refractivity contribution in [3.8, 4) is 0 Å². The fourth-order valence-corrected chi connectivity index (χ4v) is 2.84. The summed E-state index contributed by atoms with van der Waals surface area (Å²) < 4.78 is 0.864. The van der Waals surface area contributed by atoms with Crippen LogP contribution in [0.25, 0.3) is 0 Å². The first kappa shape index (κ1) is 13.0. The normalized spacial score (nSPS) is 13.0. The van der Waals surface area contributed by atoms with Gasteiger partial charge in [-0.15, -0.1) is 11.3 Å². The lowest BCUT2D eigenvalue weighted by molar-refractivity contribution is 0.548. The summed E-state index contributed by atoms with van der Waals surface area (Å²) in [5.74, 6) is 0. The lowest BCUT2D eigenvalue weighted by Crippen LogP contribution is -2.22. The van der Waals surface area contributed by atoms with Crippen LogP contribution in [0.1, 0.15) is 43.9 Å². The molecule has 1 aromatic heterocycles. The number of unbranched alkanes of at least 4 members (excludes halogenated alkanes) is 3. The predicted molar refractivity (Wildman–Crippen MR) is 69.8 cm³/mol. The molecule has 15 heavy (non-hydrogen) atoms. The molecule has 0 aliphatic rings. The summed E-state index contributed by atoms with van der Waals surface area (Å²) in [7, 11) is 0. The van der Waals surface area contributed by atoms with Gasteiger partial charge in [-0.3, -0.25) is 0 Å². The highest BCUT2D eigenvalue weighted by Crippen LogP contribution is 2.23. The lowest BCUT2D eigenvalue weighted by Gasteiger charge is -2.09. The Bertz CT molecular complexity index is 272. The summed E-state index contributed by atoms with van der Waals surface area (Å²) in [6, 6.07) is 4.33. The van der Waals surface area contributed by atoms with Gasteiger partial charge in [0.1, 0.15) is 0 Å². The molecule has 0 saturated carbocycles. The number of hydrogen-bond donors (Lipinski definition) is 1. The first-order valence-corrected chi connectivity index (χ1v) is 6.91. The largest absolute Gasteiger partial charge is 0.327 e. The fourth-order valence-electron chi connectivity index (χ4n) is 1.66. The first-order chi connectivity index (χ1) is 7.22. The van der Waals surface area contributed by atoms with E-state index in [9.17, 15) is 0 Å². The second-order valence-electron chi connectivity index (χ2n) is 4.02. The Hall–Kier alpha value is -0.0500. The number of rotatable bonds is 7. The van der Waals surface area contributed by atoms with Gasteiger partial charge in [0.15, 0.2) is 0 Å². The van der Waals surface area contributed by atoms with Gasteiger partial charge >= 0.3 is 0 Å². The predicted octanol–water partition coefficient (Wildman–Crippen LogP) is 4.24. The molecule has 0 aliphatic carbocycles. The number of thiophene rings is 1. The SMILES string of the molecule is CCCCCCC(N)Cc1ccc(Cl)s1. The molecule has 1 unspecified atom stereocenters. The summed E-state index contributed by atoms with van der Waals surface area (Å²) in [5, 5.41) is 0. The summed E-state index contributed by atoms with van der Waals surface area (Å²) in [4.78, 5) is 1.31. The Labute approximate surface area is 102 Å². The van der Waals surface area contributed by atoms with Crippen LogP contribution in [0.4, 0.5) is 0 Å². The maximum Gasteiger partial charge on any atom is 0.0931 e. The monoisotopic (exact) mass is 245 g/mol. The van der Waals surface area contributed by atoms with Crippen LogP contribution in [0.5, 0.6) is 0 Å². The van der Waals surface area contributed by atoms with E-state index in [0.29, 0.717) is 6.04 Å². The maximum atomic E-state index is 6.06. The molecule has 1 nitrogen and oxygen atoms in total.